The minimum absolute atomic E-state index is 0.0151. The molecular formula is C24H26N4O5S. The fourth-order valence-corrected chi connectivity index (χ4v) is 4.37. The van der Waals surface area contributed by atoms with Crippen molar-refractivity contribution in [3.05, 3.63) is 65.5 Å². The lowest BCUT2D eigenvalue weighted by atomic mass is 9.87. The number of anilines is 2. The summed E-state index contributed by atoms with van der Waals surface area (Å²) in [6.07, 6.45) is 1.30. The van der Waals surface area contributed by atoms with Gasteiger partial charge in [0.05, 0.1) is 10.8 Å². The SMILES string of the molecule is CC(C)(C)c1ccc(C(=O)Nc2nnc([C@@H]3CC(=O)N(c4ccc(S(C)(=O)=O)cc4)C3)o2)cc1. The van der Waals surface area contributed by atoms with Gasteiger partial charge in [0.1, 0.15) is 0 Å². The summed E-state index contributed by atoms with van der Waals surface area (Å²) >= 11 is 0. The maximum Gasteiger partial charge on any atom is 0.322 e. The van der Waals surface area contributed by atoms with Crippen molar-refractivity contribution in [2.45, 2.75) is 43.4 Å². The number of carbonyl (C=O) groups excluding carboxylic acids is 2. The smallest absolute Gasteiger partial charge is 0.322 e. The maximum absolute atomic E-state index is 12.6. The summed E-state index contributed by atoms with van der Waals surface area (Å²) in [5.74, 6) is -0.598. The second-order valence-electron chi connectivity index (χ2n) is 9.40. The number of carbonyl (C=O) groups is 2. The van der Waals surface area contributed by atoms with Crippen molar-refractivity contribution in [3.63, 3.8) is 0 Å². The number of rotatable bonds is 5. The van der Waals surface area contributed by atoms with Crippen LogP contribution in [0.25, 0.3) is 0 Å². The van der Waals surface area contributed by atoms with E-state index in [4.69, 9.17) is 4.42 Å². The molecule has 1 aromatic heterocycles. The summed E-state index contributed by atoms with van der Waals surface area (Å²) in [5, 5.41) is 10.5. The molecule has 1 atom stereocenters. The van der Waals surface area contributed by atoms with Gasteiger partial charge in [-0.05, 0) is 47.4 Å². The summed E-state index contributed by atoms with van der Waals surface area (Å²) in [4.78, 5) is 26.8. The molecule has 0 radical (unpaired) electrons. The Morgan fingerprint density at radius 1 is 1.06 bits per heavy atom. The number of nitrogens with zero attached hydrogens (tertiary/aromatic N) is 3. The molecule has 34 heavy (non-hydrogen) atoms. The predicted molar refractivity (Wildman–Crippen MR) is 127 cm³/mol. The molecule has 0 bridgehead atoms. The number of amides is 2. The zero-order chi connectivity index (χ0) is 24.7. The lowest BCUT2D eigenvalue weighted by molar-refractivity contribution is -0.117. The van der Waals surface area contributed by atoms with Crippen LogP contribution in [-0.2, 0) is 20.0 Å². The van der Waals surface area contributed by atoms with Crippen LogP contribution in [0, 0.1) is 0 Å². The average molecular weight is 483 g/mol. The summed E-state index contributed by atoms with van der Waals surface area (Å²) in [5.41, 5.74) is 2.16. The Balaban J connectivity index is 1.42. The fourth-order valence-electron chi connectivity index (χ4n) is 3.74. The van der Waals surface area contributed by atoms with Crippen molar-refractivity contribution in [3.8, 4) is 0 Å². The zero-order valence-electron chi connectivity index (χ0n) is 19.4. The molecule has 2 amide bonds. The van der Waals surface area contributed by atoms with Crippen LogP contribution in [-0.4, -0.2) is 43.2 Å². The van der Waals surface area contributed by atoms with E-state index in [1.54, 1.807) is 29.2 Å². The van der Waals surface area contributed by atoms with Crippen molar-refractivity contribution in [2.75, 3.05) is 23.0 Å². The Morgan fingerprint density at radius 2 is 1.71 bits per heavy atom. The van der Waals surface area contributed by atoms with E-state index in [9.17, 15) is 18.0 Å². The van der Waals surface area contributed by atoms with E-state index >= 15 is 0 Å². The van der Waals surface area contributed by atoms with E-state index in [1.165, 1.54) is 12.1 Å². The van der Waals surface area contributed by atoms with Crippen molar-refractivity contribution < 1.29 is 22.4 Å². The number of hydrogen-bond acceptors (Lipinski definition) is 7. The fraction of sp³-hybridized carbons (Fsp3) is 0.333. The van der Waals surface area contributed by atoms with Gasteiger partial charge in [-0.2, -0.15) is 0 Å². The number of aromatic nitrogens is 2. The van der Waals surface area contributed by atoms with Crippen LogP contribution in [0.1, 0.15) is 54.9 Å². The zero-order valence-corrected chi connectivity index (χ0v) is 20.2. The van der Waals surface area contributed by atoms with Gasteiger partial charge in [-0.3, -0.25) is 14.9 Å². The highest BCUT2D eigenvalue weighted by atomic mass is 32.2. The normalized spacial score (nSPS) is 16.6. The molecule has 2 heterocycles. The van der Waals surface area contributed by atoms with E-state index in [0.29, 0.717) is 17.8 Å². The molecule has 0 saturated carbocycles. The number of hydrogen-bond donors (Lipinski definition) is 1. The standard InChI is InChI=1S/C24H26N4O5S/c1-24(2,3)17-7-5-15(6-8-17)21(30)25-23-27-26-22(33-23)16-13-20(29)28(14-16)18-9-11-19(12-10-18)34(4,31)32/h5-12,16H,13-14H2,1-4H3,(H,25,27,30)/t16-/m1/s1. The van der Waals surface area contributed by atoms with Gasteiger partial charge in [0.15, 0.2) is 9.84 Å². The first-order valence-electron chi connectivity index (χ1n) is 10.8. The lowest BCUT2D eigenvalue weighted by Crippen LogP contribution is -2.24. The first kappa shape index (κ1) is 23.6. The Kier molecular flexibility index (Phi) is 6.03. The first-order valence-corrected chi connectivity index (χ1v) is 12.7. The molecule has 3 aromatic rings. The van der Waals surface area contributed by atoms with Crippen molar-refractivity contribution in [2.24, 2.45) is 0 Å². The first-order chi connectivity index (χ1) is 15.9. The van der Waals surface area contributed by atoms with Gasteiger partial charge in [0, 0.05) is 30.5 Å². The van der Waals surface area contributed by atoms with Crippen molar-refractivity contribution in [1.82, 2.24) is 10.2 Å². The summed E-state index contributed by atoms with van der Waals surface area (Å²) in [6.45, 7) is 6.60. The highest BCUT2D eigenvalue weighted by Gasteiger charge is 2.35. The third-order valence-electron chi connectivity index (χ3n) is 5.73. The molecule has 1 fully saturated rings. The molecule has 10 heteroatoms. The van der Waals surface area contributed by atoms with E-state index in [2.05, 4.69) is 36.3 Å². The Morgan fingerprint density at radius 3 is 2.29 bits per heavy atom. The summed E-state index contributed by atoms with van der Waals surface area (Å²) in [6, 6.07) is 13.4. The Labute approximate surface area is 198 Å². The third-order valence-corrected chi connectivity index (χ3v) is 6.85. The molecule has 0 spiro atoms. The van der Waals surface area contributed by atoms with E-state index < -0.39 is 9.84 Å². The molecular weight excluding hydrogens is 456 g/mol. The molecule has 1 N–H and O–H groups in total. The summed E-state index contributed by atoms with van der Waals surface area (Å²) in [7, 11) is -3.32. The number of benzene rings is 2. The maximum atomic E-state index is 12.6. The average Bonchev–Trinajstić information content (AvgIpc) is 3.39. The van der Waals surface area contributed by atoms with Crippen LogP contribution in [0.5, 0.6) is 0 Å². The van der Waals surface area contributed by atoms with Crippen LogP contribution in [0.15, 0.2) is 57.8 Å². The van der Waals surface area contributed by atoms with Crippen LogP contribution < -0.4 is 10.2 Å². The quantitative estimate of drug-likeness (QED) is 0.590. The lowest BCUT2D eigenvalue weighted by Gasteiger charge is -2.18. The minimum atomic E-state index is -3.32. The molecule has 0 unspecified atom stereocenters. The van der Waals surface area contributed by atoms with Crippen molar-refractivity contribution >= 4 is 33.4 Å². The largest absolute Gasteiger partial charge is 0.407 e. The van der Waals surface area contributed by atoms with Crippen LogP contribution >= 0.6 is 0 Å². The highest BCUT2D eigenvalue weighted by Crippen LogP contribution is 2.32. The third kappa shape index (κ3) is 5.01. The van der Waals surface area contributed by atoms with Gasteiger partial charge < -0.3 is 9.32 Å². The topological polar surface area (TPSA) is 122 Å². The second-order valence-corrected chi connectivity index (χ2v) is 11.4. The van der Waals surface area contributed by atoms with Gasteiger partial charge in [0.25, 0.3) is 5.91 Å². The second kappa shape index (κ2) is 8.68. The molecule has 0 aliphatic carbocycles. The van der Waals surface area contributed by atoms with Gasteiger partial charge >= 0.3 is 6.01 Å². The van der Waals surface area contributed by atoms with E-state index in [-0.39, 0.29) is 46.4 Å². The van der Waals surface area contributed by atoms with Crippen LogP contribution in [0.2, 0.25) is 0 Å². The molecule has 1 aliphatic heterocycles. The highest BCUT2D eigenvalue weighted by molar-refractivity contribution is 7.90. The van der Waals surface area contributed by atoms with Gasteiger partial charge in [-0.1, -0.05) is 38.0 Å². The van der Waals surface area contributed by atoms with Gasteiger partial charge in [0.2, 0.25) is 11.8 Å². The van der Waals surface area contributed by atoms with Crippen LogP contribution in [0.4, 0.5) is 11.7 Å². The van der Waals surface area contributed by atoms with Crippen LogP contribution in [0.3, 0.4) is 0 Å². The molecule has 178 valence electrons. The molecule has 1 aliphatic rings. The van der Waals surface area contributed by atoms with Gasteiger partial charge in [-0.15, -0.1) is 5.10 Å². The number of sulfone groups is 1. The number of nitrogens with one attached hydrogen (secondary N) is 1. The van der Waals surface area contributed by atoms with Gasteiger partial charge in [-0.25, -0.2) is 8.42 Å². The van der Waals surface area contributed by atoms with E-state index in [0.717, 1.165) is 11.8 Å². The molecule has 2 aromatic carbocycles. The Bertz CT molecular complexity index is 1320. The predicted octanol–water partition coefficient (Wildman–Crippen LogP) is 3.54. The Hall–Kier alpha value is -3.53. The van der Waals surface area contributed by atoms with E-state index in [1.807, 2.05) is 12.1 Å². The molecule has 4 rings (SSSR count). The molecule has 1 saturated heterocycles. The minimum Gasteiger partial charge on any atom is -0.407 e. The summed E-state index contributed by atoms with van der Waals surface area (Å²) < 4.78 is 28.9. The monoisotopic (exact) mass is 482 g/mol. The molecule has 9 nitrogen and oxygen atoms in total. The van der Waals surface area contributed by atoms with Crippen molar-refractivity contribution in [1.29, 1.82) is 0 Å².